The van der Waals surface area contributed by atoms with Crippen LogP contribution in [0.1, 0.15) is 16.2 Å². The Morgan fingerprint density at radius 3 is 2.61 bits per heavy atom. The lowest BCUT2D eigenvalue weighted by molar-refractivity contribution is -0.141. The van der Waals surface area contributed by atoms with E-state index in [-0.39, 0.29) is 31.0 Å². The van der Waals surface area contributed by atoms with E-state index in [9.17, 15) is 18.0 Å². The van der Waals surface area contributed by atoms with Crippen molar-refractivity contribution in [1.82, 2.24) is 14.9 Å². The van der Waals surface area contributed by atoms with E-state index in [1.54, 1.807) is 18.2 Å². The lowest BCUT2D eigenvalue weighted by Crippen LogP contribution is -2.56. The maximum Gasteiger partial charge on any atom is 0.433 e. The molecule has 1 aliphatic rings. The van der Waals surface area contributed by atoms with E-state index in [4.69, 9.17) is 4.74 Å². The Bertz CT molecular complexity index is 701. The molecule has 23 heavy (non-hydrogen) atoms. The number of hydrogen-bond acceptors (Lipinski definition) is 4. The van der Waals surface area contributed by atoms with Gasteiger partial charge in [0.2, 0.25) is 5.88 Å². The largest absolute Gasteiger partial charge is 0.471 e. The molecule has 0 spiro atoms. The van der Waals surface area contributed by atoms with Gasteiger partial charge in [-0.2, -0.15) is 13.2 Å². The highest BCUT2D eigenvalue weighted by Crippen LogP contribution is 2.29. The molecule has 1 aliphatic heterocycles. The van der Waals surface area contributed by atoms with Crippen molar-refractivity contribution >= 4 is 5.91 Å². The van der Waals surface area contributed by atoms with Crippen LogP contribution in [0.3, 0.4) is 0 Å². The molecular weight excluding hydrogens is 311 g/mol. The molecule has 0 aromatic carbocycles. The van der Waals surface area contributed by atoms with Gasteiger partial charge in [0.25, 0.3) is 5.91 Å². The van der Waals surface area contributed by atoms with Crippen LogP contribution in [0.15, 0.2) is 42.6 Å². The van der Waals surface area contributed by atoms with Gasteiger partial charge in [0.15, 0.2) is 0 Å². The second kappa shape index (κ2) is 5.86. The molecule has 3 rings (SSSR count). The first-order chi connectivity index (χ1) is 10.9. The van der Waals surface area contributed by atoms with Gasteiger partial charge in [-0.25, -0.2) is 4.98 Å². The quantitative estimate of drug-likeness (QED) is 0.870. The second-order valence-electron chi connectivity index (χ2n) is 5.02. The van der Waals surface area contributed by atoms with E-state index in [0.29, 0.717) is 5.69 Å². The highest BCUT2D eigenvalue weighted by atomic mass is 19.4. The fourth-order valence-electron chi connectivity index (χ4n) is 2.14. The van der Waals surface area contributed by atoms with E-state index < -0.39 is 11.9 Å². The van der Waals surface area contributed by atoms with E-state index in [1.807, 2.05) is 0 Å². The Morgan fingerprint density at radius 1 is 1.17 bits per heavy atom. The van der Waals surface area contributed by atoms with Crippen LogP contribution in [-0.2, 0) is 6.18 Å². The highest BCUT2D eigenvalue weighted by molar-refractivity contribution is 5.92. The third kappa shape index (κ3) is 3.41. The van der Waals surface area contributed by atoms with Gasteiger partial charge in [0.1, 0.15) is 17.5 Å². The molecule has 0 N–H and O–H groups in total. The van der Waals surface area contributed by atoms with Crippen molar-refractivity contribution in [3.8, 4) is 5.88 Å². The van der Waals surface area contributed by atoms with Crippen LogP contribution in [0, 0.1) is 0 Å². The summed E-state index contributed by atoms with van der Waals surface area (Å²) >= 11 is 0. The smallest absolute Gasteiger partial charge is 0.433 e. The van der Waals surface area contributed by atoms with Crippen molar-refractivity contribution in [2.45, 2.75) is 12.3 Å². The molecule has 0 aliphatic carbocycles. The molecule has 5 nitrogen and oxygen atoms in total. The number of pyridine rings is 2. The molecule has 0 radical (unpaired) electrons. The second-order valence-corrected chi connectivity index (χ2v) is 5.02. The number of likely N-dealkylation sites (tertiary alicyclic amines) is 1. The number of carbonyl (C=O) groups excluding carboxylic acids is 1. The van der Waals surface area contributed by atoms with Crippen LogP contribution in [0.25, 0.3) is 0 Å². The van der Waals surface area contributed by atoms with E-state index in [1.165, 1.54) is 23.2 Å². The third-order valence-corrected chi connectivity index (χ3v) is 3.32. The Hall–Kier alpha value is -2.64. The van der Waals surface area contributed by atoms with Crippen LogP contribution >= 0.6 is 0 Å². The van der Waals surface area contributed by atoms with Crippen molar-refractivity contribution in [1.29, 1.82) is 0 Å². The van der Waals surface area contributed by atoms with Gasteiger partial charge in [0.05, 0.1) is 13.1 Å². The van der Waals surface area contributed by atoms with Gasteiger partial charge >= 0.3 is 6.18 Å². The molecule has 2 aromatic rings. The summed E-state index contributed by atoms with van der Waals surface area (Å²) in [5.74, 6) is -0.336. The first-order valence-electron chi connectivity index (χ1n) is 6.85. The summed E-state index contributed by atoms with van der Waals surface area (Å²) in [6, 6.07) is 8.49. The number of nitrogens with zero attached hydrogens (tertiary/aromatic N) is 3. The maximum absolute atomic E-state index is 12.6. The summed E-state index contributed by atoms with van der Waals surface area (Å²) in [4.78, 5) is 21.0. The zero-order valence-electron chi connectivity index (χ0n) is 11.8. The number of aromatic nitrogens is 2. The van der Waals surface area contributed by atoms with Crippen LogP contribution < -0.4 is 4.74 Å². The topological polar surface area (TPSA) is 55.3 Å². The van der Waals surface area contributed by atoms with Gasteiger partial charge in [0, 0.05) is 12.3 Å². The molecule has 1 amide bonds. The Labute approximate surface area is 129 Å². The summed E-state index contributed by atoms with van der Waals surface area (Å²) in [5, 5.41) is 0. The molecule has 0 unspecified atom stereocenters. The fourth-order valence-corrected chi connectivity index (χ4v) is 2.14. The minimum atomic E-state index is -4.51. The maximum atomic E-state index is 12.6. The lowest BCUT2D eigenvalue weighted by Gasteiger charge is -2.38. The average molecular weight is 323 g/mol. The number of rotatable bonds is 3. The van der Waals surface area contributed by atoms with Gasteiger partial charge in [-0.1, -0.05) is 12.1 Å². The molecule has 1 fully saturated rings. The van der Waals surface area contributed by atoms with E-state index in [2.05, 4.69) is 9.97 Å². The van der Waals surface area contributed by atoms with Crippen LogP contribution in [0.5, 0.6) is 5.88 Å². The van der Waals surface area contributed by atoms with Crippen molar-refractivity contribution in [2.75, 3.05) is 13.1 Å². The van der Waals surface area contributed by atoms with Crippen molar-refractivity contribution in [3.05, 3.63) is 54.0 Å². The molecule has 8 heteroatoms. The normalized spacial score (nSPS) is 15.2. The molecule has 3 heterocycles. The Balaban J connectivity index is 1.58. The summed E-state index contributed by atoms with van der Waals surface area (Å²) < 4.78 is 43.1. The molecule has 120 valence electrons. The predicted molar refractivity (Wildman–Crippen MR) is 73.8 cm³/mol. The molecule has 1 saturated heterocycles. The van der Waals surface area contributed by atoms with Crippen LogP contribution in [0.2, 0.25) is 0 Å². The monoisotopic (exact) mass is 323 g/mol. The number of alkyl halides is 3. The highest BCUT2D eigenvalue weighted by Gasteiger charge is 2.35. The summed E-state index contributed by atoms with van der Waals surface area (Å²) in [7, 11) is 0. The van der Waals surface area contributed by atoms with Crippen molar-refractivity contribution in [2.24, 2.45) is 0 Å². The fraction of sp³-hybridized carbons (Fsp3) is 0.267. The van der Waals surface area contributed by atoms with Gasteiger partial charge in [-0.15, -0.1) is 0 Å². The van der Waals surface area contributed by atoms with Crippen molar-refractivity contribution in [3.63, 3.8) is 0 Å². The SMILES string of the molecule is O=C(c1ccccn1)N1CC(Oc2cccc(C(F)(F)F)n2)C1. The Morgan fingerprint density at radius 2 is 1.96 bits per heavy atom. The summed E-state index contributed by atoms with van der Waals surface area (Å²) in [5.41, 5.74) is -0.682. The molecule has 0 atom stereocenters. The number of ether oxygens (including phenoxy) is 1. The average Bonchev–Trinajstić information content (AvgIpc) is 2.50. The van der Waals surface area contributed by atoms with Crippen LogP contribution in [0.4, 0.5) is 13.2 Å². The molecular formula is C15H12F3N3O2. The van der Waals surface area contributed by atoms with Crippen molar-refractivity contribution < 1.29 is 22.7 Å². The predicted octanol–water partition coefficient (Wildman–Crippen LogP) is 2.40. The minimum absolute atomic E-state index is 0.102. The number of halogens is 3. The van der Waals surface area contributed by atoms with Gasteiger partial charge in [-0.05, 0) is 18.2 Å². The van der Waals surface area contributed by atoms with Crippen LogP contribution in [-0.4, -0.2) is 40.0 Å². The summed E-state index contributed by atoms with van der Waals surface area (Å²) in [6.07, 6.45) is -3.37. The first kappa shape index (κ1) is 15.3. The Kier molecular flexibility index (Phi) is 3.89. The molecule has 2 aromatic heterocycles. The third-order valence-electron chi connectivity index (χ3n) is 3.32. The van der Waals surface area contributed by atoms with E-state index in [0.717, 1.165) is 6.07 Å². The standard InChI is InChI=1S/C15H12F3N3O2/c16-15(17,18)12-5-3-6-13(20-12)23-10-8-21(9-10)14(22)11-4-1-2-7-19-11/h1-7,10H,8-9H2. The zero-order chi connectivity index (χ0) is 16.4. The van der Waals surface area contributed by atoms with Gasteiger partial charge < -0.3 is 9.64 Å². The lowest BCUT2D eigenvalue weighted by atomic mass is 10.1. The zero-order valence-corrected chi connectivity index (χ0v) is 11.8. The summed E-state index contributed by atoms with van der Waals surface area (Å²) in [6.45, 7) is 0.570. The number of hydrogen-bond donors (Lipinski definition) is 0. The first-order valence-corrected chi connectivity index (χ1v) is 6.85. The van der Waals surface area contributed by atoms with E-state index >= 15 is 0 Å². The molecule has 0 bridgehead atoms. The van der Waals surface area contributed by atoms with Gasteiger partial charge in [-0.3, -0.25) is 9.78 Å². The number of amides is 1. The molecule has 0 saturated carbocycles. The minimum Gasteiger partial charge on any atom is -0.471 e. The number of carbonyl (C=O) groups is 1.